The fraction of sp³-hybridized carbons (Fsp3) is 0.576. The van der Waals surface area contributed by atoms with E-state index in [4.69, 9.17) is 9.98 Å². The Morgan fingerprint density at radius 3 is 1.34 bits per heavy atom. The summed E-state index contributed by atoms with van der Waals surface area (Å²) in [7, 11) is 4.12. The Labute approximate surface area is 232 Å². The molecule has 0 amide bonds. The van der Waals surface area contributed by atoms with E-state index in [1.807, 2.05) is 6.92 Å². The maximum Gasteiger partial charge on any atom is 0.101 e. The Morgan fingerprint density at radius 2 is 1.03 bits per heavy atom. The van der Waals surface area contributed by atoms with E-state index in [2.05, 4.69) is 133 Å². The van der Waals surface area contributed by atoms with Crippen LogP contribution in [0.4, 0.5) is 11.4 Å². The Kier molecular flexibility index (Phi) is 15.4. The molecule has 0 N–H and O–H groups in total. The maximum absolute atomic E-state index is 4.73. The molecule has 0 aliphatic heterocycles. The SMILES string of the molecule is CC(C)c1cccc(C(C)C)c1N=C=Nc1c(C(C)C)cccc1C(C)C.CCN=C=NCCCN(C)C. The number of para-hydroxylation sites is 2. The summed E-state index contributed by atoms with van der Waals surface area (Å²) < 4.78 is 0. The van der Waals surface area contributed by atoms with E-state index in [-0.39, 0.29) is 0 Å². The van der Waals surface area contributed by atoms with Gasteiger partial charge in [-0.25, -0.2) is 9.98 Å². The van der Waals surface area contributed by atoms with E-state index in [9.17, 15) is 0 Å². The second-order valence-corrected chi connectivity index (χ2v) is 11.1. The van der Waals surface area contributed by atoms with Gasteiger partial charge in [0.2, 0.25) is 0 Å². The van der Waals surface area contributed by atoms with E-state index in [0.717, 1.165) is 37.4 Å². The molecule has 0 heterocycles. The van der Waals surface area contributed by atoms with E-state index < -0.39 is 0 Å². The van der Waals surface area contributed by atoms with Crippen molar-refractivity contribution in [3.8, 4) is 0 Å². The molecule has 0 unspecified atom stereocenters. The zero-order valence-electron chi connectivity index (χ0n) is 25.8. The molecular weight excluding hydrogens is 466 g/mol. The van der Waals surface area contributed by atoms with Crippen molar-refractivity contribution in [2.75, 3.05) is 33.7 Å². The van der Waals surface area contributed by atoms with E-state index in [1.165, 1.54) is 22.3 Å². The topological polar surface area (TPSA) is 52.7 Å². The molecule has 5 nitrogen and oxygen atoms in total. The predicted octanol–water partition coefficient (Wildman–Crippen LogP) is 9.45. The summed E-state index contributed by atoms with van der Waals surface area (Å²) in [5, 5.41) is 0. The van der Waals surface area contributed by atoms with Gasteiger partial charge in [-0.2, -0.15) is 9.98 Å². The molecule has 0 aliphatic carbocycles. The summed E-state index contributed by atoms with van der Waals surface area (Å²) in [4.78, 5) is 19.4. The highest BCUT2D eigenvalue weighted by Gasteiger charge is 2.14. The molecule has 0 aliphatic rings. The van der Waals surface area contributed by atoms with E-state index in [1.54, 1.807) is 0 Å². The number of benzene rings is 2. The number of hydrogen-bond acceptors (Lipinski definition) is 5. The molecule has 0 saturated carbocycles. The number of nitrogens with zero attached hydrogens (tertiary/aromatic N) is 5. The van der Waals surface area contributed by atoms with Crippen molar-refractivity contribution in [1.82, 2.24) is 4.90 Å². The quantitative estimate of drug-likeness (QED) is 0.216. The van der Waals surface area contributed by atoms with Gasteiger partial charge in [-0.05, 0) is 79.9 Å². The first-order valence-corrected chi connectivity index (χ1v) is 14.2. The fourth-order valence-corrected chi connectivity index (χ4v) is 4.04. The van der Waals surface area contributed by atoms with Crippen LogP contribution in [-0.4, -0.2) is 50.6 Å². The van der Waals surface area contributed by atoms with Crippen LogP contribution in [0.5, 0.6) is 0 Å². The molecule has 208 valence electrons. The normalized spacial score (nSPS) is 10.8. The highest BCUT2D eigenvalue weighted by molar-refractivity contribution is 5.67. The summed E-state index contributed by atoms with van der Waals surface area (Å²) in [5.41, 5.74) is 7.07. The number of hydrogen-bond donors (Lipinski definition) is 0. The minimum absolute atomic E-state index is 0.415. The molecule has 0 spiro atoms. The Hall–Kier alpha value is -2.84. The highest BCUT2D eigenvalue weighted by atomic mass is 15.0. The predicted molar refractivity (Wildman–Crippen MR) is 167 cm³/mol. The minimum Gasteiger partial charge on any atom is -0.309 e. The van der Waals surface area contributed by atoms with Gasteiger partial charge in [0.15, 0.2) is 0 Å². The van der Waals surface area contributed by atoms with Gasteiger partial charge in [-0.1, -0.05) is 91.8 Å². The minimum atomic E-state index is 0.415. The van der Waals surface area contributed by atoms with Crippen LogP contribution in [0, 0.1) is 0 Å². The Balaban J connectivity index is 0.000000554. The van der Waals surface area contributed by atoms with Gasteiger partial charge in [0, 0.05) is 6.54 Å². The first-order valence-electron chi connectivity index (χ1n) is 14.2. The van der Waals surface area contributed by atoms with Crippen LogP contribution < -0.4 is 0 Å². The molecular formula is C33H51N5. The lowest BCUT2D eigenvalue weighted by Gasteiger charge is -2.16. The van der Waals surface area contributed by atoms with Crippen LogP contribution in [0.1, 0.15) is 115 Å². The molecule has 2 aromatic carbocycles. The highest BCUT2D eigenvalue weighted by Crippen LogP contribution is 2.36. The lowest BCUT2D eigenvalue weighted by Crippen LogP contribution is -2.13. The molecule has 5 heteroatoms. The van der Waals surface area contributed by atoms with Crippen LogP contribution in [0.2, 0.25) is 0 Å². The standard InChI is InChI=1S/C25H34N2.C8H17N3/c1-16(2)20-11-9-12-21(17(3)4)24(20)26-15-27-25-22(18(5)6)13-10-14-23(25)19(7)8;1-4-9-8-10-6-5-7-11(2)3/h9-14,16-19H,1-8H3;4-7H2,1-3H3. The third kappa shape index (κ3) is 11.3. The Morgan fingerprint density at radius 1 is 0.632 bits per heavy atom. The van der Waals surface area contributed by atoms with Crippen molar-refractivity contribution in [3.63, 3.8) is 0 Å². The molecule has 2 aromatic rings. The smallest absolute Gasteiger partial charge is 0.101 e. The van der Waals surface area contributed by atoms with Crippen LogP contribution in [0.15, 0.2) is 56.4 Å². The van der Waals surface area contributed by atoms with Crippen LogP contribution in [0.25, 0.3) is 0 Å². The maximum atomic E-state index is 4.73. The number of aliphatic imine (C=N–C) groups is 4. The van der Waals surface area contributed by atoms with Gasteiger partial charge in [0.25, 0.3) is 0 Å². The van der Waals surface area contributed by atoms with Crippen LogP contribution in [-0.2, 0) is 0 Å². The molecule has 0 saturated heterocycles. The van der Waals surface area contributed by atoms with Crippen LogP contribution >= 0.6 is 0 Å². The molecule has 38 heavy (non-hydrogen) atoms. The lowest BCUT2D eigenvalue weighted by atomic mass is 9.93. The van der Waals surface area contributed by atoms with Gasteiger partial charge in [0.1, 0.15) is 6.01 Å². The molecule has 2 rings (SSSR count). The van der Waals surface area contributed by atoms with Gasteiger partial charge in [-0.3, -0.25) is 0 Å². The lowest BCUT2D eigenvalue weighted by molar-refractivity contribution is 0.403. The average Bonchev–Trinajstić information content (AvgIpc) is 2.86. The van der Waals surface area contributed by atoms with Crippen molar-refractivity contribution in [3.05, 3.63) is 58.7 Å². The average molecular weight is 518 g/mol. The monoisotopic (exact) mass is 517 g/mol. The summed E-state index contributed by atoms with van der Waals surface area (Å²) in [6.07, 6.45) is 1.08. The van der Waals surface area contributed by atoms with Crippen molar-refractivity contribution in [1.29, 1.82) is 0 Å². The summed E-state index contributed by atoms with van der Waals surface area (Å²) in [6.45, 7) is 22.3. The number of rotatable bonds is 11. The first-order chi connectivity index (χ1) is 18.0. The second kappa shape index (κ2) is 17.6. The van der Waals surface area contributed by atoms with Crippen molar-refractivity contribution < 1.29 is 0 Å². The summed E-state index contributed by atoms with van der Waals surface area (Å²) in [6, 6.07) is 18.6. The first kappa shape index (κ1) is 33.2. The Bertz CT molecular complexity index is 976. The van der Waals surface area contributed by atoms with Crippen LogP contribution in [0.3, 0.4) is 0 Å². The van der Waals surface area contributed by atoms with E-state index >= 15 is 0 Å². The third-order valence-electron chi connectivity index (χ3n) is 6.18. The summed E-state index contributed by atoms with van der Waals surface area (Å²) >= 11 is 0. The zero-order valence-corrected chi connectivity index (χ0v) is 25.8. The third-order valence-corrected chi connectivity index (χ3v) is 6.18. The zero-order chi connectivity index (χ0) is 28.7. The second-order valence-electron chi connectivity index (χ2n) is 11.1. The van der Waals surface area contributed by atoms with Gasteiger partial charge in [-0.15, -0.1) is 0 Å². The van der Waals surface area contributed by atoms with Gasteiger partial charge < -0.3 is 4.90 Å². The van der Waals surface area contributed by atoms with Gasteiger partial charge in [0.05, 0.1) is 23.9 Å². The fourth-order valence-electron chi connectivity index (χ4n) is 4.04. The van der Waals surface area contributed by atoms with E-state index in [0.29, 0.717) is 23.7 Å². The van der Waals surface area contributed by atoms with Crippen molar-refractivity contribution in [2.45, 2.75) is 92.4 Å². The molecule has 0 bridgehead atoms. The molecule has 0 aromatic heterocycles. The molecule has 0 radical (unpaired) electrons. The van der Waals surface area contributed by atoms with Crippen molar-refractivity contribution >= 4 is 23.4 Å². The molecule has 0 atom stereocenters. The summed E-state index contributed by atoms with van der Waals surface area (Å²) in [5.74, 6) is 1.66. The molecule has 0 fully saturated rings. The largest absolute Gasteiger partial charge is 0.309 e. The van der Waals surface area contributed by atoms with Crippen molar-refractivity contribution in [2.24, 2.45) is 20.0 Å². The van der Waals surface area contributed by atoms with Gasteiger partial charge >= 0.3 is 0 Å².